The number of hydrogen-bond acceptors (Lipinski definition) is 6. The van der Waals surface area contributed by atoms with Crippen LogP contribution in [0.2, 0.25) is 0 Å². The summed E-state index contributed by atoms with van der Waals surface area (Å²) in [5.74, 6) is 0.487. The molecule has 5 nitrogen and oxygen atoms in total. The number of anilines is 1. The number of thiazole rings is 1. The van der Waals surface area contributed by atoms with Gasteiger partial charge in [0.1, 0.15) is 0 Å². The number of nitrogens with one attached hydrogen (secondary N) is 1. The smallest absolute Gasteiger partial charge is 0.203 e. The number of nitrogens with zero attached hydrogens (tertiary/aromatic N) is 2. The molecule has 0 bridgehead atoms. The van der Waals surface area contributed by atoms with Gasteiger partial charge in [0.25, 0.3) is 0 Å². The first-order valence-corrected chi connectivity index (χ1v) is 8.62. The minimum Gasteiger partial charge on any atom is -0.503 e. The lowest BCUT2D eigenvalue weighted by Gasteiger charge is -2.06. The Morgan fingerprint density at radius 2 is 2.23 bits per heavy atom. The van der Waals surface area contributed by atoms with Gasteiger partial charge in [-0.2, -0.15) is 5.10 Å². The molecule has 0 fully saturated rings. The van der Waals surface area contributed by atoms with Gasteiger partial charge < -0.3 is 9.84 Å². The van der Waals surface area contributed by atoms with Crippen molar-refractivity contribution in [2.24, 2.45) is 5.10 Å². The van der Waals surface area contributed by atoms with Gasteiger partial charge in [0.15, 0.2) is 11.5 Å². The third kappa shape index (κ3) is 3.25. The topological polar surface area (TPSA) is 66.7 Å². The van der Waals surface area contributed by atoms with Crippen LogP contribution in [0.25, 0.3) is 0 Å². The molecule has 3 rings (SSSR count). The Balaban J connectivity index is 1.72. The minimum absolute atomic E-state index is 0.0835. The van der Waals surface area contributed by atoms with E-state index >= 15 is 0 Å². The molecule has 0 amide bonds. The van der Waals surface area contributed by atoms with Crippen molar-refractivity contribution in [3.05, 3.63) is 32.7 Å². The molecule has 22 heavy (non-hydrogen) atoms. The standard InChI is InChI=1S/C15H16BrN3O2S/c1-21-12-7-9(6-10(16)14(12)20)8-17-19-15-18-11-4-2-3-5-13(11)22-15/h6-8,20H,2-5H2,1H3,(H,18,19)/b17-8+. The molecule has 0 saturated heterocycles. The summed E-state index contributed by atoms with van der Waals surface area (Å²) in [4.78, 5) is 5.94. The van der Waals surface area contributed by atoms with Crippen molar-refractivity contribution in [1.29, 1.82) is 0 Å². The number of phenolic OH excluding ortho intramolecular Hbond substituents is 1. The molecule has 0 radical (unpaired) electrons. The summed E-state index contributed by atoms with van der Waals surface area (Å²) in [6.45, 7) is 0. The predicted molar refractivity (Wildman–Crippen MR) is 92.3 cm³/mol. The first-order chi connectivity index (χ1) is 10.7. The maximum absolute atomic E-state index is 9.78. The molecule has 0 spiro atoms. The molecule has 7 heteroatoms. The SMILES string of the molecule is COc1cc(/C=N/Nc2nc3c(s2)CCCC3)cc(Br)c1O. The number of aromatic nitrogens is 1. The average molecular weight is 382 g/mol. The van der Waals surface area contributed by atoms with Crippen molar-refractivity contribution in [1.82, 2.24) is 4.98 Å². The molecule has 116 valence electrons. The third-order valence-electron chi connectivity index (χ3n) is 3.49. The summed E-state index contributed by atoms with van der Waals surface area (Å²) in [5.41, 5.74) is 5.01. The second kappa shape index (κ2) is 6.66. The van der Waals surface area contributed by atoms with Crippen LogP contribution in [0.4, 0.5) is 5.13 Å². The van der Waals surface area contributed by atoms with Gasteiger partial charge in [-0.25, -0.2) is 4.98 Å². The van der Waals surface area contributed by atoms with Gasteiger partial charge in [-0.15, -0.1) is 11.3 Å². The van der Waals surface area contributed by atoms with Crippen molar-refractivity contribution >= 4 is 38.6 Å². The van der Waals surface area contributed by atoms with E-state index in [9.17, 15) is 5.11 Å². The summed E-state index contributed by atoms with van der Waals surface area (Å²) in [6.07, 6.45) is 6.34. The number of halogens is 1. The van der Waals surface area contributed by atoms with E-state index in [4.69, 9.17) is 4.74 Å². The van der Waals surface area contributed by atoms with Crippen LogP contribution in [-0.2, 0) is 12.8 Å². The molecule has 1 aromatic heterocycles. The number of hydrogen-bond donors (Lipinski definition) is 2. The second-order valence-electron chi connectivity index (χ2n) is 5.02. The fourth-order valence-electron chi connectivity index (χ4n) is 2.39. The van der Waals surface area contributed by atoms with E-state index in [1.165, 1.54) is 30.5 Å². The van der Waals surface area contributed by atoms with E-state index in [0.29, 0.717) is 10.2 Å². The number of phenols is 1. The lowest BCUT2D eigenvalue weighted by molar-refractivity contribution is 0.372. The Bertz CT molecular complexity index is 692. The molecule has 0 unspecified atom stereocenters. The van der Waals surface area contributed by atoms with Crippen LogP contribution in [0.15, 0.2) is 21.7 Å². The van der Waals surface area contributed by atoms with E-state index in [0.717, 1.165) is 23.5 Å². The molecular weight excluding hydrogens is 366 g/mol. The van der Waals surface area contributed by atoms with Crippen LogP contribution in [0.5, 0.6) is 11.5 Å². The molecular formula is C15H16BrN3O2S. The molecule has 1 heterocycles. The van der Waals surface area contributed by atoms with Crippen LogP contribution in [0.3, 0.4) is 0 Å². The zero-order valence-electron chi connectivity index (χ0n) is 12.1. The molecule has 0 aliphatic heterocycles. The zero-order valence-corrected chi connectivity index (χ0v) is 14.5. The van der Waals surface area contributed by atoms with E-state index in [1.54, 1.807) is 29.7 Å². The fraction of sp³-hybridized carbons (Fsp3) is 0.333. The maximum atomic E-state index is 9.78. The van der Waals surface area contributed by atoms with E-state index in [2.05, 4.69) is 31.4 Å². The molecule has 1 aliphatic rings. The van der Waals surface area contributed by atoms with Crippen molar-refractivity contribution in [2.75, 3.05) is 12.5 Å². The maximum Gasteiger partial charge on any atom is 0.203 e. The van der Waals surface area contributed by atoms with Gasteiger partial charge in [-0.1, -0.05) is 0 Å². The predicted octanol–water partition coefficient (Wildman–Crippen LogP) is 3.94. The summed E-state index contributed by atoms with van der Waals surface area (Å²) in [5, 5.41) is 14.8. The first-order valence-electron chi connectivity index (χ1n) is 7.01. The average Bonchev–Trinajstić information content (AvgIpc) is 2.93. The Labute approximate surface area is 141 Å². The van der Waals surface area contributed by atoms with Crippen molar-refractivity contribution in [3.63, 3.8) is 0 Å². The minimum atomic E-state index is 0.0835. The number of aromatic hydroxyl groups is 1. The van der Waals surface area contributed by atoms with Crippen molar-refractivity contribution in [2.45, 2.75) is 25.7 Å². The van der Waals surface area contributed by atoms with E-state index < -0.39 is 0 Å². The molecule has 1 aliphatic carbocycles. The summed E-state index contributed by atoms with van der Waals surface area (Å²) in [7, 11) is 1.51. The highest BCUT2D eigenvalue weighted by atomic mass is 79.9. The normalized spacial score (nSPS) is 14.1. The van der Waals surface area contributed by atoms with Crippen molar-refractivity contribution in [3.8, 4) is 11.5 Å². The molecule has 1 aromatic carbocycles. The quantitative estimate of drug-likeness (QED) is 0.621. The number of methoxy groups -OCH3 is 1. The summed E-state index contributed by atoms with van der Waals surface area (Å²) < 4.78 is 5.68. The zero-order chi connectivity index (χ0) is 15.5. The largest absolute Gasteiger partial charge is 0.503 e. The van der Waals surface area contributed by atoms with Crippen LogP contribution in [0.1, 0.15) is 29.0 Å². The lowest BCUT2D eigenvalue weighted by Crippen LogP contribution is -1.99. The monoisotopic (exact) mass is 381 g/mol. The van der Waals surface area contributed by atoms with Crippen LogP contribution in [0, 0.1) is 0 Å². The van der Waals surface area contributed by atoms with Gasteiger partial charge >= 0.3 is 0 Å². The van der Waals surface area contributed by atoms with Crippen LogP contribution >= 0.6 is 27.3 Å². The summed E-state index contributed by atoms with van der Waals surface area (Å²) in [6, 6.07) is 3.49. The number of aryl methyl sites for hydroxylation is 2. The van der Waals surface area contributed by atoms with Gasteiger partial charge in [-0.3, -0.25) is 5.43 Å². The highest BCUT2D eigenvalue weighted by Gasteiger charge is 2.14. The lowest BCUT2D eigenvalue weighted by atomic mass is 10.0. The van der Waals surface area contributed by atoms with Crippen LogP contribution < -0.4 is 10.2 Å². The number of benzene rings is 1. The van der Waals surface area contributed by atoms with Gasteiger partial charge in [0, 0.05) is 4.88 Å². The van der Waals surface area contributed by atoms with Crippen molar-refractivity contribution < 1.29 is 9.84 Å². The van der Waals surface area contributed by atoms with E-state index in [1.807, 2.05) is 0 Å². The molecule has 0 atom stereocenters. The molecule has 0 saturated carbocycles. The Kier molecular flexibility index (Phi) is 4.63. The van der Waals surface area contributed by atoms with Gasteiger partial charge in [0.2, 0.25) is 5.13 Å². The molecule has 2 N–H and O–H groups in total. The number of rotatable bonds is 4. The Morgan fingerprint density at radius 3 is 3.00 bits per heavy atom. The Hall–Kier alpha value is -1.60. The van der Waals surface area contributed by atoms with Gasteiger partial charge in [0.05, 0.1) is 23.5 Å². The highest BCUT2D eigenvalue weighted by Crippen LogP contribution is 2.34. The number of hydrazone groups is 1. The number of fused-ring (bicyclic) bond motifs is 1. The number of ether oxygens (including phenoxy) is 1. The van der Waals surface area contributed by atoms with E-state index in [-0.39, 0.29) is 5.75 Å². The van der Waals surface area contributed by atoms with Crippen LogP contribution in [-0.4, -0.2) is 23.4 Å². The molecule has 2 aromatic rings. The fourth-order valence-corrected chi connectivity index (χ4v) is 3.84. The highest BCUT2D eigenvalue weighted by molar-refractivity contribution is 9.10. The second-order valence-corrected chi connectivity index (χ2v) is 6.96. The first kappa shape index (κ1) is 15.3. The Morgan fingerprint density at radius 1 is 1.41 bits per heavy atom. The summed E-state index contributed by atoms with van der Waals surface area (Å²) >= 11 is 4.96. The third-order valence-corrected chi connectivity index (χ3v) is 5.16. The van der Waals surface area contributed by atoms with Gasteiger partial charge in [-0.05, 0) is 59.3 Å².